The van der Waals surface area contributed by atoms with Crippen molar-refractivity contribution in [1.82, 2.24) is 9.55 Å². The summed E-state index contributed by atoms with van der Waals surface area (Å²) in [5, 5.41) is 0. The second-order valence-electron chi connectivity index (χ2n) is 3.17. The molecule has 0 saturated heterocycles. The molecule has 58 valence electrons. The van der Waals surface area contributed by atoms with Gasteiger partial charge in [0.2, 0.25) is 0 Å². The Labute approximate surface area is 66.6 Å². The van der Waals surface area contributed by atoms with Gasteiger partial charge in [0.1, 0.15) is 5.82 Å². The molecule has 1 aliphatic rings. The molecule has 0 bridgehead atoms. The quantitative estimate of drug-likeness (QED) is 0.551. The van der Waals surface area contributed by atoms with Gasteiger partial charge in [-0.25, -0.2) is 4.98 Å². The molecule has 2 heterocycles. The van der Waals surface area contributed by atoms with Crippen LogP contribution in [0.1, 0.15) is 30.8 Å². The molecule has 2 heteroatoms. The van der Waals surface area contributed by atoms with Crippen LogP contribution in [0.2, 0.25) is 0 Å². The van der Waals surface area contributed by atoms with E-state index in [1.807, 2.05) is 6.92 Å². The Kier molecular flexibility index (Phi) is 1.34. The Bertz CT molecular complexity index is 297. The predicted molar refractivity (Wildman–Crippen MR) is 45.3 cm³/mol. The van der Waals surface area contributed by atoms with Gasteiger partial charge in [0.05, 0.1) is 5.69 Å². The highest BCUT2D eigenvalue weighted by Gasteiger charge is 2.13. The summed E-state index contributed by atoms with van der Waals surface area (Å²) in [6.45, 7) is 4.24. The number of imidazole rings is 1. The largest absolute Gasteiger partial charge is 0.310 e. The van der Waals surface area contributed by atoms with Crippen molar-refractivity contribution in [2.45, 2.75) is 26.2 Å². The van der Waals surface area contributed by atoms with Crippen LogP contribution in [0.3, 0.4) is 0 Å². The molecule has 0 aliphatic carbocycles. The van der Waals surface area contributed by atoms with Gasteiger partial charge in [0, 0.05) is 18.3 Å². The molecule has 2 nitrogen and oxygen atoms in total. The smallest absolute Gasteiger partial charge is 0.116 e. The van der Waals surface area contributed by atoms with Crippen LogP contribution in [-0.2, 0) is 0 Å². The molecular weight excluding hydrogens is 136 g/mol. The lowest BCUT2D eigenvalue weighted by Crippen LogP contribution is -2.04. The van der Waals surface area contributed by atoms with E-state index in [0.717, 1.165) is 12.1 Å². The van der Waals surface area contributed by atoms with Gasteiger partial charge in [-0.15, -0.1) is 0 Å². The lowest BCUT2D eigenvalue weighted by Gasteiger charge is -2.13. The zero-order chi connectivity index (χ0) is 7.84. The zero-order valence-electron chi connectivity index (χ0n) is 6.91. The standard InChI is InChI=1S/C9H12N2/c1-7-4-3-5-11-6-8(2)10-9(7)11/h3,5-7H,4H2,1-2H3. The fraction of sp³-hybridized carbons (Fsp3) is 0.444. The minimum Gasteiger partial charge on any atom is -0.310 e. The molecule has 0 fully saturated rings. The molecule has 2 rings (SSSR count). The van der Waals surface area contributed by atoms with Gasteiger partial charge in [-0.3, -0.25) is 0 Å². The van der Waals surface area contributed by atoms with Crippen molar-refractivity contribution in [2.24, 2.45) is 0 Å². The average Bonchev–Trinajstić information content (AvgIpc) is 2.31. The molecule has 0 N–H and O–H groups in total. The first-order chi connectivity index (χ1) is 5.27. The van der Waals surface area contributed by atoms with Crippen molar-refractivity contribution in [3.05, 3.63) is 23.8 Å². The predicted octanol–water partition coefficient (Wildman–Crippen LogP) is 2.17. The van der Waals surface area contributed by atoms with Crippen LogP contribution in [0.15, 0.2) is 12.3 Å². The van der Waals surface area contributed by atoms with Gasteiger partial charge in [-0.05, 0) is 13.3 Å². The van der Waals surface area contributed by atoms with Crippen molar-refractivity contribution in [3.63, 3.8) is 0 Å². The van der Waals surface area contributed by atoms with E-state index in [-0.39, 0.29) is 0 Å². The Hall–Kier alpha value is -1.05. The van der Waals surface area contributed by atoms with Gasteiger partial charge in [-0.2, -0.15) is 0 Å². The van der Waals surface area contributed by atoms with Crippen LogP contribution in [0.5, 0.6) is 0 Å². The van der Waals surface area contributed by atoms with Crippen LogP contribution >= 0.6 is 0 Å². The second-order valence-corrected chi connectivity index (χ2v) is 3.17. The molecule has 1 aromatic heterocycles. The van der Waals surface area contributed by atoms with E-state index in [4.69, 9.17) is 0 Å². The molecule has 1 unspecified atom stereocenters. The van der Waals surface area contributed by atoms with Gasteiger partial charge >= 0.3 is 0 Å². The third-order valence-electron chi connectivity index (χ3n) is 2.08. The molecule has 0 saturated carbocycles. The van der Waals surface area contributed by atoms with Crippen molar-refractivity contribution in [2.75, 3.05) is 0 Å². The van der Waals surface area contributed by atoms with E-state index < -0.39 is 0 Å². The Balaban J connectivity index is 2.53. The number of rotatable bonds is 0. The lowest BCUT2D eigenvalue weighted by atomic mass is 10.1. The number of fused-ring (bicyclic) bond motifs is 1. The van der Waals surface area contributed by atoms with E-state index in [1.165, 1.54) is 5.82 Å². The van der Waals surface area contributed by atoms with E-state index in [0.29, 0.717) is 5.92 Å². The molecule has 1 aromatic rings. The van der Waals surface area contributed by atoms with E-state index in [9.17, 15) is 0 Å². The maximum absolute atomic E-state index is 4.44. The molecule has 0 spiro atoms. The first-order valence-corrected chi connectivity index (χ1v) is 3.99. The minimum absolute atomic E-state index is 0.577. The molecule has 1 atom stereocenters. The van der Waals surface area contributed by atoms with E-state index in [2.05, 4.69) is 34.9 Å². The Morgan fingerprint density at radius 1 is 1.64 bits per heavy atom. The molecule has 0 radical (unpaired) electrons. The summed E-state index contributed by atoms with van der Waals surface area (Å²) >= 11 is 0. The zero-order valence-corrected chi connectivity index (χ0v) is 6.91. The van der Waals surface area contributed by atoms with E-state index >= 15 is 0 Å². The first-order valence-electron chi connectivity index (χ1n) is 3.99. The minimum atomic E-state index is 0.577. The van der Waals surface area contributed by atoms with Crippen molar-refractivity contribution in [1.29, 1.82) is 0 Å². The molecule has 11 heavy (non-hydrogen) atoms. The maximum Gasteiger partial charge on any atom is 0.116 e. The van der Waals surface area contributed by atoms with Gasteiger partial charge in [-0.1, -0.05) is 13.0 Å². The number of hydrogen-bond donors (Lipinski definition) is 0. The topological polar surface area (TPSA) is 17.8 Å². The number of hydrogen-bond acceptors (Lipinski definition) is 1. The third-order valence-corrected chi connectivity index (χ3v) is 2.08. The summed E-state index contributed by atoms with van der Waals surface area (Å²) in [7, 11) is 0. The molecule has 0 amide bonds. The van der Waals surface area contributed by atoms with Crippen molar-refractivity contribution >= 4 is 6.20 Å². The first kappa shape index (κ1) is 6.65. The summed E-state index contributed by atoms with van der Waals surface area (Å²) in [6.07, 6.45) is 7.48. The highest BCUT2D eigenvalue weighted by Crippen LogP contribution is 2.23. The average molecular weight is 148 g/mol. The summed E-state index contributed by atoms with van der Waals surface area (Å²) in [5.41, 5.74) is 1.11. The van der Waals surface area contributed by atoms with Crippen LogP contribution in [0.25, 0.3) is 6.20 Å². The second kappa shape index (κ2) is 2.22. The lowest BCUT2D eigenvalue weighted by molar-refractivity contribution is 0.687. The third kappa shape index (κ3) is 0.985. The van der Waals surface area contributed by atoms with Crippen LogP contribution in [-0.4, -0.2) is 9.55 Å². The Morgan fingerprint density at radius 2 is 2.45 bits per heavy atom. The maximum atomic E-state index is 4.44. The molecule has 1 aliphatic heterocycles. The Morgan fingerprint density at radius 3 is 3.18 bits per heavy atom. The number of allylic oxidation sites excluding steroid dienone is 1. The number of aryl methyl sites for hydroxylation is 1. The summed E-state index contributed by atoms with van der Waals surface area (Å²) in [5.74, 6) is 1.78. The summed E-state index contributed by atoms with van der Waals surface area (Å²) < 4.78 is 2.11. The summed E-state index contributed by atoms with van der Waals surface area (Å²) in [6, 6.07) is 0. The highest BCUT2D eigenvalue weighted by atomic mass is 15.1. The van der Waals surface area contributed by atoms with Gasteiger partial charge in [0.15, 0.2) is 0 Å². The normalized spacial score (nSPS) is 21.8. The number of aromatic nitrogens is 2. The SMILES string of the molecule is Cc1cn2c(n1)C(C)CC=C2. The fourth-order valence-electron chi connectivity index (χ4n) is 1.50. The summed E-state index contributed by atoms with van der Waals surface area (Å²) in [4.78, 5) is 4.44. The highest BCUT2D eigenvalue weighted by molar-refractivity contribution is 5.31. The van der Waals surface area contributed by atoms with Crippen LogP contribution < -0.4 is 0 Å². The monoisotopic (exact) mass is 148 g/mol. The number of nitrogens with zero attached hydrogens (tertiary/aromatic N) is 2. The van der Waals surface area contributed by atoms with Gasteiger partial charge < -0.3 is 4.57 Å². The molecule has 0 aromatic carbocycles. The van der Waals surface area contributed by atoms with Crippen LogP contribution in [0, 0.1) is 6.92 Å². The van der Waals surface area contributed by atoms with Crippen LogP contribution in [0.4, 0.5) is 0 Å². The van der Waals surface area contributed by atoms with Crippen molar-refractivity contribution < 1.29 is 0 Å². The van der Waals surface area contributed by atoms with Crippen molar-refractivity contribution in [3.8, 4) is 0 Å². The molecular formula is C9H12N2. The van der Waals surface area contributed by atoms with E-state index in [1.54, 1.807) is 0 Å². The fourth-order valence-corrected chi connectivity index (χ4v) is 1.50. The van der Waals surface area contributed by atoms with Gasteiger partial charge in [0.25, 0.3) is 0 Å².